The molecule has 1 N–H and O–H groups in total. The van der Waals surface area contributed by atoms with E-state index < -0.39 is 6.10 Å². The maximum Gasteiger partial charge on any atom is 0.127 e. The van der Waals surface area contributed by atoms with Gasteiger partial charge in [0.2, 0.25) is 0 Å². The lowest BCUT2D eigenvalue weighted by molar-refractivity contribution is 0.0641. The minimum absolute atomic E-state index is 0.159. The Hall–Kier alpha value is -1.36. The van der Waals surface area contributed by atoms with Gasteiger partial charge in [0.15, 0.2) is 0 Å². The lowest BCUT2D eigenvalue weighted by Gasteiger charge is -2.31. The van der Waals surface area contributed by atoms with Gasteiger partial charge in [-0.05, 0) is 23.3 Å². The van der Waals surface area contributed by atoms with E-state index in [1.54, 1.807) is 7.11 Å². The summed E-state index contributed by atoms with van der Waals surface area (Å²) >= 11 is 3.44. The van der Waals surface area contributed by atoms with E-state index >= 15 is 0 Å². The van der Waals surface area contributed by atoms with Gasteiger partial charge in [0, 0.05) is 23.6 Å². The van der Waals surface area contributed by atoms with Crippen LogP contribution in [0.3, 0.4) is 0 Å². The van der Waals surface area contributed by atoms with Gasteiger partial charge in [0.05, 0.1) is 12.7 Å². The van der Waals surface area contributed by atoms with E-state index in [9.17, 15) is 5.11 Å². The van der Waals surface area contributed by atoms with Gasteiger partial charge in [-0.15, -0.1) is 0 Å². The van der Waals surface area contributed by atoms with Crippen molar-refractivity contribution in [1.82, 2.24) is 0 Å². The first-order chi connectivity index (χ1) is 10.2. The van der Waals surface area contributed by atoms with Gasteiger partial charge < -0.3 is 14.6 Å². The molecule has 1 unspecified atom stereocenters. The number of ether oxygens (including phenoxy) is 2. The van der Waals surface area contributed by atoms with Crippen LogP contribution in [0.5, 0.6) is 5.75 Å². The van der Waals surface area contributed by atoms with E-state index in [-0.39, 0.29) is 6.10 Å². The average Bonchev–Trinajstić information content (AvgIpc) is 2.47. The highest BCUT2D eigenvalue weighted by Crippen LogP contribution is 2.42. The van der Waals surface area contributed by atoms with Crippen LogP contribution in [0.25, 0.3) is 0 Å². The molecule has 2 aromatic carbocycles. The lowest BCUT2D eigenvalue weighted by Crippen LogP contribution is -2.20. The van der Waals surface area contributed by atoms with Crippen molar-refractivity contribution in [2.75, 3.05) is 7.11 Å². The fraction of sp³-hybridized carbons (Fsp3) is 0.294. The van der Waals surface area contributed by atoms with Crippen LogP contribution in [0.15, 0.2) is 46.9 Å². The molecule has 110 valence electrons. The number of aliphatic hydroxyl groups is 1. The van der Waals surface area contributed by atoms with Gasteiger partial charge in [0.1, 0.15) is 11.9 Å². The monoisotopic (exact) mass is 348 g/mol. The Balaban J connectivity index is 1.95. The molecular formula is C17H17BrO3. The predicted octanol–water partition coefficient (Wildman–Crippen LogP) is 4.15. The molecule has 0 fully saturated rings. The number of rotatable bonds is 3. The van der Waals surface area contributed by atoms with Crippen LogP contribution in [-0.2, 0) is 11.3 Å². The second kappa shape index (κ2) is 6.18. The molecule has 0 spiro atoms. The van der Waals surface area contributed by atoms with Crippen LogP contribution in [0.2, 0.25) is 0 Å². The van der Waals surface area contributed by atoms with Crippen molar-refractivity contribution in [2.24, 2.45) is 0 Å². The summed E-state index contributed by atoms with van der Waals surface area (Å²) in [6.07, 6.45) is -0.120. The molecule has 0 radical (unpaired) electrons. The normalized spacial score (nSPS) is 20.7. The summed E-state index contributed by atoms with van der Waals surface area (Å²) in [7, 11) is 1.68. The standard InChI is InChI=1S/C17H17BrO3/c1-20-10-11-4-2-3-5-13(11)17-9-15(19)14-7-6-12(18)8-16(14)21-17/h2-8,15,17,19H,9-10H2,1H3/t15-,17?/m1/s1. The Morgan fingerprint density at radius 2 is 2.05 bits per heavy atom. The third-order valence-electron chi connectivity index (χ3n) is 3.74. The zero-order valence-corrected chi connectivity index (χ0v) is 13.3. The third-order valence-corrected chi connectivity index (χ3v) is 4.24. The summed E-state index contributed by atoms with van der Waals surface area (Å²) < 4.78 is 12.3. The van der Waals surface area contributed by atoms with E-state index in [4.69, 9.17) is 9.47 Å². The van der Waals surface area contributed by atoms with E-state index in [0.29, 0.717) is 13.0 Å². The first-order valence-electron chi connectivity index (χ1n) is 6.90. The fourth-order valence-electron chi connectivity index (χ4n) is 2.74. The van der Waals surface area contributed by atoms with Gasteiger partial charge >= 0.3 is 0 Å². The molecule has 0 saturated carbocycles. The Labute approximate surface area is 132 Å². The fourth-order valence-corrected chi connectivity index (χ4v) is 3.08. The van der Waals surface area contributed by atoms with Gasteiger partial charge in [-0.25, -0.2) is 0 Å². The SMILES string of the molecule is COCc1ccccc1C1C[C@@H](O)c2ccc(Br)cc2O1. The van der Waals surface area contributed by atoms with Crippen LogP contribution < -0.4 is 4.74 Å². The van der Waals surface area contributed by atoms with Crippen LogP contribution in [0.1, 0.15) is 35.3 Å². The molecule has 1 aliphatic heterocycles. The Morgan fingerprint density at radius 3 is 2.86 bits per heavy atom. The largest absolute Gasteiger partial charge is 0.485 e. The second-order valence-electron chi connectivity index (χ2n) is 5.17. The van der Waals surface area contributed by atoms with Gasteiger partial charge in [-0.1, -0.05) is 46.3 Å². The number of halogens is 1. The molecule has 1 aliphatic rings. The van der Waals surface area contributed by atoms with Crippen molar-refractivity contribution in [3.63, 3.8) is 0 Å². The molecule has 4 heteroatoms. The molecule has 21 heavy (non-hydrogen) atoms. The number of fused-ring (bicyclic) bond motifs is 1. The molecule has 0 aromatic heterocycles. The first kappa shape index (κ1) is 14.6. The molecule has 3 rings (SSSR count). The number of aliphatic hydroxyl groups excluding tert-OH is 1. The van der Waals surface area contributed by atoms with Gasteiger partial charge in [-0.2, -0.15) is 0 Å². The van der Waals surface area contributed by atoms with Crippen molar-refractivity contribution >= 4 is 15.9 Å². The molecule has 2 atom stereocenters. The van der Waals surface area contributed by atoms with E-state index in [0.717, 1.165) is 26.9 Å². The maximum absolute atomic E-state index is 10.4. The number of benzene rings is 2. The van der Waals surface area contributed by atoms with Crippen LogP contribution in [0.4, 0.5) is 0 Å². The molecule has 0 saturated heterocycles. The molecule has 2 aromatic rings. The molecule has 1 heterocycles. The molecule has 0 bridgehead atoms. The summed E-state index contributed by atoms with van der Waals surface area (Å²) in [5.41, 5.74) is 3.01. The summed E-state index contributed by atoms with van der Waals surface area (Å²) in [5.74, 6) is 0.736. The van der Waals surface area contributed by atoms with Gasteiger partial charge in [-0.3, -0.25) is 0 Å². The second-order valence-corrected chi connectivity index (χ2v) is 6.09. The average molecular weight is 349 g/mol. The number of hydrogen-bond acceptors (Lipinski definition) is 3. The molecular weight excluding hydrogens is 332 g/mol. The van der Waals surface area contributed by atoms with Crippen molar-refractivity contribution in [2.45, 2.75) is 25.2 Å². The maximum atomic E-state index is 10.4. The zero-order chi connectivity index (χ0) is 14.8. The summed E-state index contributed by atoms with van der Waals surface area (Å²) in [6.45, 7) is 0.539. The minimum Gasteiger partial charge on any atom is -0.485 e. The highest BCUT2D eigenvalue weighted by Gasteiger charge is 2.29. The molecule has 0 amide bonds. The summed E-state index contributed by atoms with van der Waals surface area (Å²) in [4.78, 5) is 0. The first-order valence-corrected chi connectivity index (χ1v) is 7.69. The molecule has 0 aliphatic carbocycles. The predicted molar refractivity (Wildman–Crippen MR) is 84.2 cm³/mol. The number of hydrogen-bond donors (Lipinski definition) is 1. The van der Waals surface area contributed by atoms with Crippen molar-refractivity contribution in [3.8, 4) is 5.75 Å². The highest BCUT2D eigenvalue weighted by atomic mass is 79.9. The summed E-state index contributed by atoms with van der Waals surface area (Å²) in [5, 5.41) is 10.4. The Bertz CT molecular complexity index is 642. The van der Waals surface area contributed by atoms with Crippen molar-refractivity contribution < 1.29 is 14.6 Å². The van der Waals surface area contributed by atoms with Crippen LogP contribution in [-0.4, -0.2) is 12.2 Å². The third kappa shape index (κ3) is 2.98. The van der Waals surface area contributed by atoms with Gasteiger partial charge in [0.25, 0.3) is 0 Å². The summed E-state index contributed by atoms with van der Waals surface area (Å²) in [6, 6.07) is 13.8. The number of methoxy groups -OCH3 is 1. The topological polar surface area (TPSA) is 38.7 Å². The quantitative estimate of drug-likeness (QED) is 0.905. The minimum atomic E-state index is -0.512. The van der Waals surface area contributed by atoms with Crippen LogP contribution >= 0.6 is 15.9 Å². The smallest absolute Gasteiger partial charge is 0.127 e. The zero-order valence-electron chi connectivity index (χ0n) is 11.8. The van der Waals surface area contributed by atoms with E-state index in [1.165, 1.54) is 0 Å². The van der Waals surface area contributed by atoms with Crippen molar-refractivity contribution in [1.29, 1.82) is 0 Å². The Morgan fingerprint density at radius 1 is 1.24 bits per heavy atom. The van der Waals surface area contributed by atoms with E-state index in [1.807, 2.05) is 42.5 Å². The molecule has 3 nitrogen and oxygen atoms in total. The van der Waals surface area contributed by atoms with Crippen LogP contribution in [0, 0.1) is 0 Å². The Kier molecular flexibility index (Phi) is 4.29. The lowest BCUT2D eigenvalue weighted by atomic mass is 9.92. The van der Waals surface area contributed by atoms with E-state index in [2.05, 4.69) is 15.9 Å². The van der Waals surface area contributed by atoms with Crippen molar-refractivity contribution in [3.05, 3.63) is 63.6 Å². The highest BCUT2D eigenvalue weighted by molar-refractivity contribution is 9.10.